The third-order valence-corrected chi connectivity index (χ3v) is 6.02. The molecule has 1 atom stereocenters. The Bertz CT molecular complexity index is 1210. The van der Waals surface area contributed by atoms with E-state index in [1.54, 1.807) is 55.5 Å². The standard InChI is InChI=1S/C23H20ClN3O4S/c1-3-11-31-17-6-4-5-15(12-17)19-18(20(28)14-7-9-16(24)10-8-14)21(29)22(30)27(19)23-26-25-13(2)32-23/h4-10,12,19,28H,3,11H2,1-2H3. The molecular weight excluding hydrogens is 450 g/mol. The second-order valence-electron chi connectivity index (χ2n) is 7.20. The van der Waals surface area contributed by atoms with E-state index >= 15 is 0 Å². The summed E-state index contributed by atoms with van der Waals surface area (Å²) >= 11 is 7.16. The summed E-state index contributed by atoms with van der Waals surface area (Å²) < 4.78 is 5.74. The average molecular weight is 470 g/mol. The number of carbonyl (C=O) groups excluding carboxylic acids is 2. The lowest BCUT2D eigenvalue weighted by atomic mass is 9.95. The van der Waals surface area contributed by atoms with Gasteiger partial charge in [0, 0.05) is 10.6 Å². The molecule has 3 aromatic rings. The monoisotopic (exact) mass is 469 g/mol. The molecule has 1 aromatic heterocycles. The SMILES string of the molecule is CCCOc1cccc(C2C(=C(O)c3ccc(Cl)cc3)C(=O)C(=O)N2c2nnc(C)s2)c1. The first kappa shape index (κ1) is 22.0. The van der Waals surface area contributed by atoms with Gasteiger partial charge in [0.05, 0.1) is 18.2 Å². The zero-order valence-electron chi connectivity index (χ0n) is 17.4. The first-order chi connectivity index (χ1) is 15.4. The molecule has 1 saturated heterocycles. The highest BCUT2D eigenvalue weighted by Crippen LogP contribution is 2.43. The number of ether oxygens (including phenoxy) is 1. The Morgan fingerprint density at radius 1 is 1.19 bits per heavy atom. The molecule has 164 valence electrons. The van der Waals surface area contributed by atoms with E-state index in [1.807, 2.05) is 6.92 Å². The van der Waals surface area contributed by atoms with Crippen molar-refractivity contribution in [1.82, 2.24) is 10.2 Å². The predicted octanol–water partition coefficient (Wildman–Crippen LogP) is 4.92. The molecule has 4 rings (SSSR count). The molecule has 1 fully saturated rings. The number of benzene rings is 2. The molecule has 9 heteroatoms. The lowest BCUT2D eigenvalue weighted by molar-refractivity contribution is -0.132. The van der Waals surface area contributed by atoms with Crippen molar-refractivity contribution in [3.8, 4) is 5.75 Å². The number of ketones is 1. The smallest absolute Gasteiger partial charge is 0.301 e. The number of carbonyl (C=O) groups is 2. The van der Waals surface area contributed by atoms with Crippen LogP contribution in [0.4, 0.5) is 5.13 Å². The van der Waals surface area contributed by atoms with Gasteiger partial charge in [0.15, 0.2) is 0 Å². The lowest BCUT2D eigenvalue weighted by Crippen LogP contribution is -2.29. The molecule has 0 saturated carbocycles. The summed E-state index contributed by atoms with van der Waals surface area (Å²) in [6.07, 6.45) is 0.837. The van der Waals surface area contributed by atoms with Crippen LogP contribution in [0, 0.1) is 6.92 Å². The van der Waals surface area contributed by atoms with Crippen LogP contribution < -0.4 is 9.64 Å². The molecule has 1 aliphatic rings. The minimum absolute atomic E-state index is 0.0298. The number of aliphatic hydroxyl groups is 1. The maximum atomic E-state index is 13.1. The van der Waals surface area contributed by atoms with E-state index in [0.717, 1.165) is 6.42 Å². The number of aliphatic hydroxyl groups excluding tert-OH is 1. The highest BCUT2D eigenvalue weighted by Gasteiger charge is 2.48. The topological polar surface area (TPSA) is 92.6 Å². The number of aromatic nitrogens is 2. The van der Waals surface area contributed by atoms with Crippen molar-refractivity contribution in [3.05, 3.63) is 75.3 Å². The summed E-state index contributed by atoms with van der Waals surface area (Å²) in [6, 6.07) is 12.7. The van der Waals surface area contributed by atoms with Crippen LogP contribution in [0.25, 0.3) is 5.76 Å². The van der Waals surface area contributed by atoms with Crippen molar-refractivity contribution in [2.24, 2.45) is 0 Å². The molecule has 1 amide bonds. The molecular formula is C23H20ClN3O4S. The van der Waals surface area contributed by atoms with Crippen molar-refractivity contribution in [1.29, 1.82) is 0 Å². The van der Waals surface area contributed by atoms with Crippen molar-refractivity contribution >= 4 is 45.5 Å². The highest BCUT2D eigenvalue weighted by atomic mass is 35.5. The molecule has 0 aliphatic carbocycles. The zero-order chi connectivity index (χ0) is 22.8. The molecule has 0 bridgehead atoms. The van der Waals surface area contributed by atoms with E-state index in [1.165, 1.54) is 16.2 Å². The molecule has 1 unspecified atom stereocenters. The normalized spacial score (nSPS) is 17.7. The van der Waals surface area contributed by atoms with Gasteiger partial charge in [-0.25, -0.2) is 0 Å². The Labute approximate surface area is 193 Å². The molecule has 2 aromatic carbocycles. The van der Waals surface area contributed by atoms with Crippen LogP contribution in [0.3, 0.4) is 0 Å². The van der Waals surface area contributed by atoms with E-state index in [4.69, 9.17) is 16.3 Å². The summed E-state index contributed by atoms with van der Waals surface area (Å²) in [4.78, 5) is 27.5. The van der Waals surface area contributed by atoms with Crippen LogP contribution in [-0.2, 0) is 9.59 Å². The van der Waals surface area contributed by atoms with E-state index in [-0.39, 0.29) is 16.5 Å². The van der Waals surface area contributed by atoms with Gasteiger partial charge >= 0.3 is 5.91 Å². The van der Waals surface area contributed by atoms with Gasteiger partial charge in [0.25, 0.3) is 5.78 Å². The van der Waals surface area contributed by atoms with Crippen LogP contribution in [0.2, 0.25) is 5.02 Å². The van der Waals surface area contributed by atoms with Crippen molar-refractivity contribution in [2.75, 3.05) is 11.5 Å². The fraction of sp³-hybridized carbons (Fsp3) is 0.217. The van der Waals surface area contributed by atoms with Crippen LogP contribution in [-0.4, -0.2) is 33.6 Å². The molecule has 0 radical (unpaired) electrons. The molecule has 1 N–H and O–H groups in total. The van der Waals surface area contributed by atoms with E-state index in [0.29, 0.717) is 33.5 Å². The summed E-state index contributed by atoms with van der Waals surface area (Å²) in [7, 11) is 0. The van der Waals surface area contributed by atoms with Gasteiger partial charge < -0.3 is 9.84 Å². The first-order valence-electron chi connectivity index (χ1n) is 10.0. The predicted molar refractivity (Wildman–Crippen MR) is 123 cm³/mol. The second kappa shape index (κ2) is 9.10. The number of amides is 1. The minimum Gasteiger partial charge on any atom is -0.507 e. The third kappa shape index (κ3) is 4.11. The maximum absolute atomic E-state index is 13.1. The number of hydrogen-bond acceptors (Lipinski definition) is 7. The van der Waals surface area contributed by atoms with E-state index < -0.39 is 17.7 Å². The van der Waals surface area contributed by atoms with Crippen LogP contribution in [0.15, 0.2) is 54.1 Å². The van der Waals surface area contributed by atoms with Gasteiger partial charge in [0.2, 0.25) is 5.13 Å². The van der Waals surface area contributed by atoms with Crippen LogP contribution in [0.1, 0.15) is 35.5 Å². The van der Waals surface area contributed by atoms with Gasteiger partial charge in [-0.2, -0.15) is 0 Å². The molecule has 32 heavy (non-hydrogen) atoms. The minimum atomic E-state index is -0.886. The quantitative estimate of drug-likeness (QED) is 0.313. The Morgan fingerprint density at radius 2 is 1.94 bits per heavy atom. The summed E-state index contributed by atoms with van der Waals surface area (Å²) in [6.45, 7) is 4.30. The van der Waals surface area contributed by atoms with Gasteiger partial charge in [0.1, 0.15) is 16.5 Å². The second-order valence-corrected chi connectivity index (χ2v) is 8.80. The van der Waals surface area contributed by atoms with E-state index in [9.17, 15) is 14.7 Å². The Hall–Kier alpha value is -3.23. The zero-order valence-corrected chi connectivity index (χ0v) is 19.0. The fourth-order valence-corrected chi connectivity index (χ4v) is 4.33. The number of rotatable bonds is 6. The Kier molecular flexibility index (Phi) is 6.25. The number of nitrogens with zero attached hydrogens (tertiary/aromatic N) is 3. The van der Waals surface area contributed by atoms with Gasteiger partial charge in [-0.15, -0.1) is 10.2 Å². The molecule has 2 heterocycles. The summed E-state index contributed by atoms with van der Waals surface area (Å²) in [5.74, 6) is -1.25. The lowest BCUT2D eigenvalue weighted by Gasteiger charge is -2.23. The van der Waals surface area contributed by atoms with Gasteiger partial charge in [-0.3, -0.25) is 14.5 Å². The summed E-state index contributed by atoms with van der Waals surface area (Å²) in [5.41, 5.74) is 0.961. The van der Waals surface area contributed by atoms with Gasteiger partial charge in [-0.05, 0) is 55.3 Å². The van der Waals surface area contributed by atoms with Crippen molar-refractivity contribution < 1.29 is 19.4 Å². The molecule has 1 aliphatic heterocycles. The van der Waals surface area contributed by atoms with Crippen molar-refractivity contribution in [3.63, 3.8) is 0 Å². The Balaban J connectivity index is 1.90. The summed E-state index contributed by atoms with van der Waals surface area (Å²) in [5, 5.41) is 20.6. The van der Waals surface area contributed by atoms with E-state index in [2.05, 4.69) is 10.2 Å². The van der Waals surface area contributed by atoms with Crippen LogP contribution >= 0.6 is 22.9 Å². The largest absolute Gasteiger partial charge is 0.507 e. The van der Waals surface area contributed by atoms with Gasteiger partial charge in [-0.1, -0.05) is 42.0 Å². The maximum Gasteiger partial charge on any atom is 0.301 e. The van der Waals surface area contributed by atoms with Crippen LogP contribution in [0.5, 0.6) is 5.75 Å². The number of aryl methyl sites for hydroxylation is 1. The number of hydrogen-bond donors (Lipinski definition) is 1. The first-order valence-corrected chi connectivity index (χ1v) is 11.2. The van der Waals surface area contributed by atoms with Crippen molar-refractivity contribution in [2.45, 2.75) is 26.3 Å². The number of halogens is 1. The third-order valence-electron chi connectivity index (χ3n) is 4.93. The molecule has 7 nitrogen and oxygen atoms in total. The fourth-order valence-electron chi connectivity index (χ4n) is 3.49. The Morgan fingerprint density at radius 3 is 2.59 bits per heavy atom. The highest BCUT2D eigenvalue weighted by molar-refractivity contribution is 7.15. The number of Topliss-reactive ketones (excluding diaryl/α,β-unsaturated/α-hetero) is 1. The molecule has 0 spiro atoms. The average Bonchev–Trinajstić information content (AvgIpc) is 3.33. The number of anilines is 1.